The topological polar surface area (TPSA) is 105 Å². The van der Waals surface area contributed by atoms with Gasteiger partial charge >= 0.3 is 0 Å². The number of aliphatic hydroxyl groups excluding tert-OH is 3. The molecular formula is C12H25NO5. The molecule has 0 saturated carbocycles. The fourth-order valence-corrected chi connectivity index (χ4v) is 2.70. The molecule has 0 aromatic carbocycles. The van der Waals surface area contributed by atoms with Crippen LogP contribution in [0.15, 0.2) is 0 Å². The largest absolute Gasteiger partial charge is 0.394 e. The average molecular weight is 263 g/mol. The Morgan fingerprint density at radius 3 is 2.22 bits per heavy atom. The Morgan fingerprint density at radius 2 is 1.83 bits per heavy atom. The van der Waals surface area contributed by atoms with E-state index in [1.54, 1.807) is 0 Å². The molecule has 1 aliphatic heterocycles. The molecule has 5 N–H and O–H groups in total. The molecule has 18 heavy (non-hydrogen) atoms. The van der Waals surface area contributed by atoms with Crippen LogP contribution in [0.1, 0.15) is 33.6 Å². The second-order valence-corrected chi connectivity index (χ2v) is 4.71. The van der Waals surface area contributed by atoms with E-state index in [-0.39, 0.29) is 0 Å². The summed E-state index contributed by atoms with van der Waals surface area (Å²) in [6.07, 6.45) is -2.52. The van der Waals surface area contributed by atoms with E-state index >= 15 is 0 Å². The van der Waals surface area contributed by atoms with Gasteiger partial charge in [-0.2, -0.15) is 0 Å². The fraction of sp³-hybridized carbons (Fsp3) is 1.00. The summed E-state index contributed by atoms with van der Waals surface area (Å²) in [7, 11) is 0. The third-order valence-corrected chi connectivity index (χ3v) is 3.89. The lowest BCUT2D eigenvalue weighted by molar-refractivity contribution is -0.358. The van der Waals surface area contributed by atoms with Gasteiger partial charge in [-0.1, -0.05) is 13.8 Å². The number of rotatable bonds is 5. The van der Waals surface area contributed by atoms with Crippen molar-refractivity contribution in [1.29, 1.82) is 0 Å². The van der Waals surface area contributed by atoms with Crippen molar-refractivity contribution in [1.82, 2.24) is 0 Å². The Bertz CT molecular complexity index is 277. The summed E-state index contributed by atoms with van der Waals surface area (Å²) in [5, 5.41) is 29.4. The highest BCUT2D eigenvalue weighted by atomic mass is 16.7. The van der Waals surface area contributed by atoms with Crippen LogP contribution in [0.5, 0.6) is 0 Å². The third-order valence-electron chi connectivity index (χ3n) is 3.89. The van der Waals surface area contributed by atoms with E-state index in [0.29, 0.717) is 19.4 Å². The van der Waals surface area contributed by atoms with Gasteiger partial charge in [0.2, 0.25) is 0 Å². The second-order valence-electron chi connectivity index (χ2n) is 4.71. The van der Waals surface area contributed by atoms with E-state index in [9.17, 15) is 15.3 Å². The van der Waals surface area contributed by atoms with Crippen molar-refractivity contribution >= 4 is 0 Å². The molecule has 1 saturated heterocycles. The molecule has 1 aliphatic rings. The molecule has 0 aromatic heterocycles. The van der Waals surface area contributed by atoms with Gasteiger partial charge in [-0.3, -0.25) is 0 Å². The maximum absolute atomic E-state index is 10.2. The zero-order valence-electron chi connectivity index (χ0n) is 11.3. The SMILES string of the molecule is CCOC1(CC)O[C@H](CO)[C@@H](O)[C@H](O)[C@]1(N)CC. The summed E-state index contributed by atoms with van der Waals surface area (Å²) < 4.78 is 11.3. The first-order chi connectivity index (χ1) is 8.42. The van der Waals surface area contributed by atoms with Gasteiger partial charge in [0.25, 0.3) is 0 Å². The molecule has 108 valence electrons. The first-order valence-electron chi connectivity index (χ1n) is 6.50. The zero-order valence-corrected chi connectivity index (χ0v) is 11.3. The predicted molar refractivity (Wildman–Crippen MR) is 65.8 cm³/mol. The van der Waals surface area contributed by atoms with Crippen LogP contribution >= 0.6 is 0 Å². The van der Waals surface area contributed by atoms with Gasteiger partial charge in [0.1, 0.15) is 18.3 Å². The van der Waals surface area contributed by atoms with Crippen molar-refractivity contribution in [2.24, 2.45) is 5.73 Å². The van der Waals surface area contributed by atoms with Gasteiger partial charge in [0.15, 0.2) is 5.79 Å². The van der Waals surface area contributed by atoms with E-state index in [4.69, 9.17) is 15.2 Å². The summed E-state index contributed by atoms with van der Waals surface area (Å²) in [4.78, 5) is 0. The van der Waals surface area contributed by atoms with Gasteiger partial charge in [-0.05, 0) is 13.3 Å². The van der Waals surface area contributed by atoms with Gasteiger partial charge in [0, 0.05) is 13.0 Å². The predicted octanol–water partition coefficient (Wildman–Crippen LogP) is -0.650. The summed E-state index contributed by atoms with van der Waals surface area (Å²) in [5.74, 6) is -1.19. The fourth-order valence-electron chi connectivity index (χ4n) is 2.70. The van der Waals surface area contributed by atoms with Crippen LogP contribution in [-0.2, 0) is 9.47 Å². The number of hydrogen-bond donors (Lipinski definition) is 4. The van der Waals surface area contributed by atoms with Gasteiger partial charge in [-0.15, -0.1) is 0 Å². The second kappa shape index (κ2) is 5.81. The minimum atomic E-state index is -1.22. The quantitative estimate of drug-likeness (QED) is 0.525. The maximum Gasteiger partial charge on any atom is 0.189 e. The molecule has 0 spiro atoms. The first kappa shape index (κ1) is 15.8. The van der Waals surface area contributed by atoms with E-state index < -0.39 is 36.2 Å². The highest BCUT2D eigenvalue weighted by Gasteiger charge is 2.61. The molecule has 6 heteroatoms. The highest BCUT2D eigenvalue weighted by molar-refractivity contribution is 5.10. The van der Waals surface area contributed by atoms with Gasteiger partial charge < -0.3 is 30.5 Å². The Kier molecular flexibility index (Phi) is 5.11. The van der Waals surface area contributed by atoms with E-state index in [0.717, 1.165) is 0 Å². The lowest BCUT2D eigenvalue weighted by atomic mass is 9.74. The Hall–Kier alpha value is -0.240. The highest BCUT2D eigenvalue weighted by Crippen LogP contribution is 2.41. The molecule has 0 aromatic rings. The molecule has 0 aliphatic carbocycles. The van der Waals surface area contributed by atoms with Crippen LogP contribution < -0.4 is 5.73 Å². The first-order valence-corrected chi connectivity index (χ1v) is 6.50. The number of nitrogens with two attached hydrogens (primary N) is 1. The summed E-state index contributed by atoms with van der Waals surface area (Å²) >= 11 is 0. The minimum Gasteiger partial charge on any atom is -0.394 e. The lowest BCUT2D eigenvalue weighted by Crippen LogP contribution is -2.77. The molecule has 6 nitrogen and oxygen atoms in total. The van der Waals surface area contributed by atoms with Gasteiger partial charge in [-0.25, -0.2) is 0 Å². The molecule has 1 rings (SSSR count). The molecule has 0 bridgehead atoms. The monoisotopic (exact) mass is 263 g/mol. The van der Waals surface area contributed by atoms with E-state index in [1.807, 2.05) is 20.8 Å². The smallest absolute Gasteiger partial charge is 0.189 e. The van der Waals surface area contributed by atoms with Crippen molar-refractivity contribution in [3.05, 3.63) is 0 Å². The maximum atomic E-state index is 10.2. The van der Waals surface area contributed by atoms with Crippen LogP contribution in [0.25, 0.3) is 0 Å². The number of aliphatic hydroxyl groups is 3. The van der Waals surface area contributed by atoms with E-state index in [1.165, 1.54) is 0 Å². The Balaban J connectivity index is 3.17. The van der Waals surface area contributed by atoms with Crippen molar-refractivity contribution in [2.45, 2.75) is 63.3 Å². The van der Waals surface area contributed by atoms with Crippen LogP contribution in [-0.4, -0.2) is 58.2 Å². The van der Waals surface area contributed by atoms with E-state index in [2.05, 4.69) is 0 Å². The molecular weight excluding hydrogens is 238 g/mol. The van der Waals surface area contributed by atoms with Crippen molar-refractivity contribution in [3.8, 4) is 0 Å². The Morgan fingerprint density at radius 1 is 1.22 bits per heavy atom. The number of ether oxygens (including phenoxy) is 2. The molecule has 1 heterocycles. The summed E-state index contributed by atoms with van der Waals surface area (Å²) in [6.45, 7) is 5.43. The van der Waals surface area contributed by atoms with Crippen molar-refractivity contribution < 1.29 is 24.8 Å². The molecule has 1 fully saturated rings. The summed E-state index contributed by atoms with van der Waals surface area (Å²) in [5.41, 5.74) is 5.04. The number of hydrogen-bond acceptors (Lipinski definition) is 6. The van der Waals surface area contributed by atoms with Crippen LogP contribution in [0, 0.1) is 0 Å². The normalized spacial score (nSPS) is 45.2. The van der Waals surface area contributed by atoms with Crippen LogP contribution in [0.2, 0.25) is 0 Å². The zero-order chi connectivity index (χ0) is 14.0. The standard InChI is InChI=1S/C12H25NO5/c1-4-11(13)10(16)9(15)8(7-14)18-12(11,5-2)17-6-3/h8-10,14-16H,4-7,13H2,1-3H3/t8-,9-,10+,11-,12?/m1/s1. The molecule has 0 amide bonds. The minimum absolute atomic E-state index is 0.369. The Labute approximate surface area is 108 Å². The lowest BCUT2D eigenvalue weighted by Gasteiger charge is -2.55. The van der Waals surface area contributed by atoms with Gasteiger partial charge in [0.05, 0.1) is 12.1 Å². The molecule has 5 atom stereocenters. The third kappa shape index (κ3) is 2.17. The molecule has 1 unspecified atom stereocenters. The van der Waals surface area contributed by atoms with Crippen LogP contribution in [0.4, 0.5) is 0 Å². The van der Waals surface area contributed by atoms with Crippen molar-refractivity contribution in [3.63, 3.8) is 0 Å². The summed E-state index contributed by atoms with van der Waals surface area (Å²) in [6, 6.07) is 0. The van der Waals surface area contributed by atoms with Crippen molar-refractivity contribution in [2.75, 3.05) is 13.2 Å². The van der Waals surface area contributed by atoms with Crippen LogP contribution in [0.3, 0.4) is 0 Å². The average Bonchev–Trinajstić information content (AvgIpc) is 2.39. The molecule has 0 radical (unpaired) electrons.